The Labute approximate surface area is 201 Å². The summed E-state index contributed by atoms with van der Waals surface area (Å²) in [7, 11) is 0. The lowest BCUT2D eigenvalue weighted by atomic mass is 10.0. The number of ether oxygens (including phenoxy) is 2. The fourth-order valence-electron chi connectivity index (χ4n) is 3.60. The highest BCUT2D eigenvalue weighted by atomic mass is 32.1. The topological polar surface area (TPSA) is 76.1 Å². The maximum atomic E-state index is 14.6. The highest BCUT2D eigenvalue weighted by molar-refractivity contribution is 7.13. The zero-order chi connectivity index (χ0) is 24.7. The first-order chi connectivity index (χ1) is 16.2. The van der Waals surface area contributed by atoms with Crippen LogP contribution < -0.4 is 0 Å². The van der Waals surface area contributed by atoms with Crippen molar-refractivity contribution in [2.75, 3.05) is 13.2 Å². The molecule has 3 rings (SSSR count). The van der Waals surface area contributed by atoms with E-state index in [0.717, 1.165) is 11.0 Å². The van der Waals surface area contributed by atoms with E-state index in [1.807, 2.05) is 6.07 Å². The second-order valence-corrected chi connectivity index (χ2v) is 9.47. The number of aliphatic hydroxyl groups excluding tert-OH is 1. The van der Waals surface area contributed by atoms with Crippen molar-refractivity contribution in [1.29, 1.82) is 0 Å². The second kappa shape index (κ2) is 11.6. The molecule has 1 N–H and O–H groups in total. The van der Waals surface area contributed by atoms with Gasteiger partial charge < -0.3 is 19.5 Å². The van der Waals surface area contributed by atoms with Crippen molar-refractivity contribution in [3.05, 3.63) is 69.9 Å². The monoisotopic (exact) mass is 493 g/mol. The summed E-state index contributed by atoms with van der Waals surface area (Å²) in [4.78, 5) is 27.3. The van der Waals surface area contributed by atoms with E-state index in [1.54, 1.807) is 26.0 Å². The Balaban J connectivity index is 1.58. The van der Waals surface area contributed by atoms with Gasteiger partial charge in [-0.15, -0.1) is 11.3 Å². The largest absolute Gasteiger partial charge is 0.459 e. The number of aryl methyl sites for hydroxylation is 1. The lowest BCUT2D eigenvalue weighted by molar-refractivity contribution is -0.0930. The minimum absolute atomic E-state index is 0.182. The number of halogens is 2. The number of hydrogen-bond donors (Lipinski definition) is 1. The van der Waals surface area contributed by atoms with Gasteiger partial charge in [0.05, 0.1) is 18.8 Å². The molecule has 1 amide bonds. The minimum Gasteiger partial charge on any atom is -0.459 e. The van der Waals surface area contributed by atoms with Crippen molar-refractivity contribution in [1.82, 2.24) is 4.90 Å². The molecule has 1 aliphatic heterocycles. The van der Waals surface area contributed by atoms with E-state index in [2.05, 4.69) is 0 Å². The molecule has 1 saturated heterocycles. The van der Waals surface area contributed by atoms with E-state index in [9.17, 15) is 23.5 Å². The van der Waals surface area contributed by atoms with Crippen LogP contribution in [-0.2, 0) is 21.8 Å². The summed E-state index contributed by atoms with van der Waals surface area (Å²) in [5.74, 6) is -3.81. The lowest BCUT2D eigenvalue weighted by Gasteiger charge is -2.33. The normalized spacial score (nSPS) is 17.8. The number of alkyl halides is 2. The van der Waals surface area contributed by atoms with Gasteiger partial charge in [-0.25, -0.2) is 9.59 Å². The van der Waals surface area contributed by atoms with Crippen LogP contribution >= 0.6 is 11.3 Å². The first-order valence-corrected chi connectivity index (χ1v) is 12.0. The second-order valence-electron chi connectivity index (χ2n) is 8.31. The molecule has 34 heavy (non-hydrogen) atoms. The molecule has 0 spiro atoms. The highest BCUT2D eigenvalue weighted by Gasteiger charge is 2.39. The summed E-state index contributed by atoms with van der Waals surface area (Å²) in [6.07, 6.45) is 1.44. The summed E-state index contributed by atoms with van der Waals surface area (Å²) in [6, 6.07) is 10.3. The number of carbonyl (C=O) groups excluding carboxylic acids is 2. The van der Waals surface area contributed by atoms with E-state index in [1.165, 1.54) is 46.6 Å². The molecule has 1 fully saturated rings. The van der Waals surface area contributed by atoms with Gasteiger partial charge in [-0.1, -0.05) is 42.5 Å². The van der Waals surface area contributed by atoms with Gasteiger partial charge in [-0.3, -0.25) is 0 Å². The summed E-state index contributed by atoms with van der Waals surface area (Å²) in [5.41, 5.74) is -0.278. The van der Waals surface area contributed by atoms with Gasteiger partial charge in [0, 0.05) is 23.4 Å². The van der Waals surface area contributed by atoms with Crippen LogP contribution in [0.15, 0.2) is 54.6 Å². The van der Waals surface area contributed by atoms with Crippen molar-refractivity contribution in [2.45, 2.75) is 57.3 Å². The molecule has 2 aromatic rings. The third-order valence-corrected chi connectivity index (χ3v) is 6.47. The van der Waals surface area contributed by atoms with E-state index in [4.69, 9.17) is 9.47 Å². The quantitative estimate of drug-likeness (QED) is 0.365. The van der Waals surface area contributed by atoms with Gasteiger partial charge in [0.25, 0.3) is 0 Å². The van der Waals surface area contributed by atoms with Gasteiger partial charge in [0.15, 0.2) is 0 Å². The van der Waals surface area contributed by atoms with Crippen LogP contribution in [-0.4, -0.2) is 53.5 Å². The van der Waals surface area contributed by atoms with Crippen LogP contribution in [0, 0.1) is 0 Å². The Morgan fingerprint density at radius 3 is 2.74 bits per heavy atom. The number of hydrogen-bond acceptors (Lipinski definition) is 6. The molecule has 184 valence electrons. The van der Waals surface area contributed by atoms with Crippen molar-refractivity contribution in [3.8, 4) is 0 Å². The number of nitrogens with zero attached hydrogens (tertiary/aromatic N) is 1. The van der Waals surface area contributed by atoms with Crippen LogP contribution in [0.3, 0.4) is 0 Å². The number of rotatable bonds is 10. The average Bonchev–Trinajstić information content (AvgIpc) is 3.28. The Kier molecular flexibility index (Phi) is 8.79. The first-order valence-electron chi connectivity index (χ1n) is 11.2. The van der Waals surface area contributed by atoms with Crippen molar-refractivity contribution >= 4 is 23.4 Å². The molecule has 2 heterocycles. The molecule has 0 saturated carbocycles. The summed E-state index contributed by atoms with van der Waals surface area (Å²) in [5, 5.41) is 10.1. The molecular weight excluding hydrogens is 464 g/mol. The third kappa shape index (κ3) is 6.64. The van der Waals surface area contributed by atoms with E-state index >= 15 is 0 Å². The average molecular weight is 494 g/mol. The molecule has 2 atom stereocenters. The number of benzene rings is 1. The number of carbonyl (C=O) groups is 2. The molecule has 1 aromatic heterocycles. The lowest BCUT2D eigenvalue weighted by Crippen LogP contribution is -2.45. The van der Waals surface area contributed by atoms with Crippen LogP contribution in [0.2, 0.25) is 0 Å². The fourth-order valence-corrected chi connectivity index (χ4v) is 4.53. The van der Waals surface area contributed by atoms with E-state index in [0.29, 0.717) is 30.7 Å². The van der Waals surface area contributed by atoms with Gasteiger partial charge in [0.2, 0.25) is 0 Å². The van der Waals surface area contributed by atoms with Crippen molar-refractivity contribution in [3.63, 3.8) is 0 Å². The summed E-state index contributed by atoms with van der Waals surface area (Å²) in [6.45, 7) is 4.11. The maximum Gasteiger partial charge on any atom is 0.410 e. The Morgan fingerprint density at radius 1 is 1.29 bits per heavy atom. The van der Waals surface area contributed by atoms with Crippen LogP contribution in [0.25, 0.3) is 0 Å². The summed E-state index contributed by atoms with van der Waals surface area (Å²) < 4.78 is 39.4. The Morgan fingerprint density at radius 2 is 2.03 bits per heavy atom. The smallest absolute Gasteiger partial charge is 0.410 e. The van der Waals surface area contributed by atoms with Gasteiger partial charge >= 0.3 is 18.0 Å². The highest BCUT2D eigenvalue weighted by Crippen LogP contribution is 2.32. The SMILES string of the molecule is CC(C)OC(=O)c1ccc(CCCN2C(=O)OCC[C@@H]2/C=C/[C@H](O)C(F)(F)c2ccccc2)s1. The predicted octanol–water partition coefficient (Wildman–Crippen LogP) is 5.17. The Hall–Kier alpha value is -2.78. The standard InChI is InChI=1S/C25H29F2NO5S/c1-17(2)33-23(30)21-12-11-20(34-21)9-6-15-28-19(14-16-32-24(28)31)10-13-22(29)25(26,27)18-7-4-3-5-8-18/h3-5,7-8,10-13,17,19,22,29H,6,9,14-16H2,1-2H3/b13-10+/t19-,22-/m0/s1. The van der Waals surface area contributed by atoms with Crippen molar-refractivity contribution in [2.24, 2.45) is 0 Å². The van der Waals surface area contributed by atoms with E-state index in [-0.39, 0.29) is 24.2 Å². The Bertz CT molecular complexity index is 992. The zero-order valence-electron chi connectivity index (χ0n) is 19.2. The van der Waals surface area contributed by atoms with Gasteiger partial charge in [-0.05, 0) is 38.8 Å². The summed E-state index contributed by atoms with van der Waals surface area (Å²) >= 11 is 1.35. The molecule has 0 radical (unpaired) electrons. The molecular formula is C25H29F2NO5S. The van der Waals surface area contributed by atoms with Crippen LogP contribution in [0.5, 0.6) is 0 Å². The molecule has 1 aromatic carbocycles. The first kappa shape index (κ1) is 25.8. The molecule has 6 nitrogen and oxygen atoms in total. The molecule has 9 heteroatoms. The number of aliphatic hydroxyl groups is 1. The molecule has 0 bridgehead atoms. The van der Waals surface area contributed by atoms with Crippen LogP contribution in [0.4, 0.5) is 13.6 Å². The number of amides is 1. The third-order valence-electron chi connectivity index (χ3n) is 5.35. The minimum atomic E-state index is -3.45. The predicted molar refractivity (Wildman–Crippen MR) is 125 cm³/mol. The number of thiophene rings is 1. The van der Waals surface area contributed by atoms with Crippen LogP contribution in [0.1, 0.15) is 46.8 Å². The number of esters is 1. The zero-order valence-corrected chi connectivity index (χ0v) is 20.0. The molecule has 0 aliphatic carbocycles. The van der Waals surface area contributed by atoms with Crippen molar-refractivity contribution < 1.29 is 33.0 Å². The molecule has 0 unspecified atom stereocenters. The van der Waals surface area contributed by atoms with Gasteiger partial charge in [-0.2, -0.15) is 8.78 Å². The fraction of sp³-hybridized carbons (Fsp3) is 0.440. The van der Waals surface area contributed by atoms with E-state index < -0.39 is 24.2 Å². The maximum absolute atomic E-state index is 14.6. The molecule has 1 aliphatic rings. The number of cyclic esters (lactones) is 1. The van der Waals surface area contributed by atoms with Gasteiger partial charge in [0.1, 0.15) is 11.0 Å².